The molecule has 0 unspecified atom stereocenters. The highest BCUT2D eigenvalue weighted by atomic mass is 19.4. The van der Waals surface area contributed by atoms with E-state index in [2.05, 4.69) is 24.7 Å². The molecule has 0 amide bonds. The molecule has 28 heavy (non-hydrogen) atoms. The topological polar surface area (TPSA) is 68.2 Å². The van der Waals surface area contributed by atoms with E-state index < -0.39 is 12.1 Å². The van der Waals surface area contributed by atoms with Gasteiger partial charge in [0.15, 0.2) is 0 Å². The van der Waals surface area contributed by atoms with Gasteiger partial charge in [-0.2, -0.15) is 18.2 Å². The summed E-state index contributed by atoms with van der Waals surface area (Å²) in [7, 11) is 0. The maximum atomic E-state index is 12.7. The lowest BCUT2D eigenvalue weighted by Gasteiger charge is -2.21. The van der Waals surface area contributed by atoms with Crippen molar-refractivity contribution < 1.29 is 22.2 Å². The summed E-state index contributed by atoms with van der Waals surface area (Å²) < 4.78 is 47.7. The minimum absolute atomic E-state index is 0.0441. The standard InChI is InChI=1S/C19H19F3N4O2/c1-11-8-14(17-23-18(28-25-17)19(20,21)22)10-13-5-7-26(16(11)13)6-3-4-15-9-12(2)24-27-15/h8-10H,3-7H2,1-2H3. The number of hydrogen-bond donors (Lipinski definition) is 0. The van der Waals surface area contributed by atoms with E-state index in [0.717, 1.165) is 60.6 Å². The summed E-state index contributed by atoms with van der Waals surface area (Å²) >= 11 is 0. The van der Waals surface area contributed by atoms with E-state index in [4.69, 9.17) is 4.52 Å². The number of aromatic nitrogens is 3. The summed E-state index contributed by atoms with van der Waals surface area (Å²) in [6, 6.07) is 5.60. The Hall–Kier alpha value is -2.84. The fourth-order valence-electron chi connectivity index (χ4n) is 3.65. The van der Waals surface area contributed by atoms with E-state index >= 15 is 0 Å². The first-order chi connectivity index (χ1) is 13.3. The van der Waals surface area contributed by atoms with Crippen LogP contribution in [0.2, 0.25) is 0 Å². The molecule has 0 aliphatic carbocycles. The molecule has 9 heteroatoms. The molecular formula is C19H19F3N4O2. The van der Waals surface area contributed by atoms with Crippen LogP contribution in [-0.2, 0) is 19.0 Å². The predicted octanol–water partition coefficient (Wildman–Crippen LogP) is 4.36. The predicted molar refractivity (Wildman–Crippen MR) is 95.0 cm³/mol. The summed E-state index contributed by atoms with van der Waals surface area (Å²) in [5.74, 6) is -0.496. The maximum Gasteiger partial charge on any atom is 0.471 e. The molecule has 4 rings (SSSR count). The third-order valence-corrected chi connectivity index (χ3v) is 4.80. The van der Waals surface area contributed by atoms with Crippen LogP contribution in [0.25, 0.3) is 11.4 Å². The third-order valence-electron chi connectivity index (χ3n) is 4.80. The van der Waals surface area contributed by atoms with Crippen LogP contribution in [0.4, 0.5) is 18.9 Å². The van der Waals surface area contributed by atoms with Gasteiger partial charge in [0.25, 0.3) is 0 Å². The van der Waals surface area contributed by atoms with Crippen LogP contribution < -0.4 is 4.90 Å². The minimum atomic E-state index is -4.64. The van der Waals surface area contributed by atoms with E-state index in [1.807, 2.05) is 32.0 Å². The van der Waals surface area contributed by atoms with Crippen molar-refractivity contribution in [2.24, 2.45) is 0 Å². The van der Waals surface area contributed by atoms with Crippen molar-refractivity contribution in [1.82, 2.24) is 15.3 Å². The molecule has 6 nitrogen and oxygen atoms in total. The fourth-order valence-corrected chi connectivity index (χ4v) is 3.65. The van der Waals surface area contributed by atoms with Crippen molar-refractivity contribution in [2.45, 2.75) is 39.3 Å². The monoisotopic (exact) mass is 392 g/mol. The fraction of sp³-hybridized carbons (Fsp3) is 0.421. The van der Waals surface area contributed by atoms with E-state index in [9.17, 15) is 13.2 Å². The van der Waals surface area contributed by atoms with Gasteiger partial charge in [0.2, 0.25) is 5.82 Å². The van der Waals surface area contributed by atoms with Crippen molar-refractivity contribution in [3.8, 4) is 11.4 Å². The Morgan fingerprint density at radius 2 is 1.93 bits per heavy atom. The van der Waals surface area contributed by atoms with E-state index in [0.29, 0.717) is 5.56 Å². The lowest BCUT2D eigenvalue weighted by molar-refractivity contribution is -0.159. The highest BCUT2D eigenvalue weighted by Gasteiger charge is 2.38. The normalized spacial score (nSPS) is 14.0. The van der Waals surface area contributed by atoms with Crippen molar-refractivity contribution >= 4 is 5.69 Å². The number of rotatable bonds is 5. The van der Waals surface area contributed by atoms with Crippen molar-refractivity contribution in [3.05, 3.63) is 46.7 Å². The number of fused-ring (bicyclic) bond motifs is 1. The molecule has 0 atom stereocenters. The third kappa shape index (κ3) is 3.61. The summed E-state index contributed by atoms with van der Waals surface area (Å²) in [6.45, 7) is 5.58. The Balaban J connectivity index is 1.49. The molecule has 0 N–H and O–H groups in total. The molecule has 1 aliphatic heterocycles. The average molecular weight is 392 g/mol. The molecule has 0 bridgehead atoms. The molecular weight excluding hydrogens is 373 g/mol. The van der Waals surface area contributed by atoms with Gasteiger partial charge in [0.1, 0.15) is 5.76 Å². The maximum absolute atomic E-state index is 12.7. The molecule has 0 saturated heterocycles. The van der Waals surface area contributed by atoms with Crippen molar-refractivity contribution in [3.63, 3.8) is 0 Å². The molecule has 148 valence electrons. The Kier molecular flexibility index (Phi) is 4.60. The summed E-state index contributed by atoms with van der Waals surface area (Å²) in [5.41, 5.74) is 4.62. The van der Waals surface area contributed by atoms with E-state index in [1.54, 1.807) is 0 Å². The smallest absolute Gasteiger partial charge is 0.371 e. The first kappa shape index (κ1) is 18.5. The molecule has 3 aromatic rings. The first-order valence-electron chi connectivity index (χ1n) is 9.03. The summed E-state index contributed by atoms with van der Waals surface area (Å²) in [6.07, 6.45) is -2.08. The second kappa shape index (κ2) is 6.96. The molecule has 1 aliphatic rings. The molecule has 0 spiro atoms. The number of halogens is 3. The van der Waals surface area contributed by atoms with Gasteiger partial charge >= 0.3 is 12.1 Å². The zero-order chi connectivity index (χ0) is 19.9. The first-order valence-corrected chi connectivity index (χ1v) is 9.03. The molecule has 3 heterocycles. The average Bonchev–Trinajstić information content (AvgIpc) is 3.34. The molecule has 2 aromatic heterocycles. The van der Waals surface area contributed by atoms with Crippen LogP contribution >= 0.6 is 0 Å². The summed E-state index contributed by atoms with van der Waals surface area (Å²) in [4.78, 5) is 5.79. The van der Waals surface area contributed by atoms with Gasteiger partial charge in [-0.15, -0.1) is 0 Å². The van der Waals surface area contributed by atoms with Gasteiger partial charge < -0.3 is 13.9 Å². The number of benzene rings is 1. The van der Waals surface area contributed by atoms with Gasteiger partial charge in [0, 0.05) is 36.8 Å². The molecule has 1 aromatic carbocycles. The van der Waals surface area contributed by atoms with Crippen LogP contribution in [0.1, 0.15) is 34.9 Å². The van der Waals surface area contributed by atoms with Crippen molar-refractivity contribution in [2.75, 3.05) is 18.0 Å². The summed E-state index contributed by atoms with van der Waals surface area (Å²) in [5, 5.41) is 7.38. The second-order valence-corrected chi connectivity index (χ2v) is 7.00. The minimum Gasteiger partial charge on any atom is -0.371 e. The molecule has 0 saturated carbocycles. The quantitative estimate of drug-likeness (QED) is 0.643. The van der Waals surface area contributed by atoms with Gasteiger partial charge in [0.05, 0.1) is 5.69 Å². The molecule has 0 fully saturated rings. The van der Waals surface area contributed by atoms with Crippen LogP contribution in [-0.4, -0.2) is 28.4 Å². The number of anilines is 1. The van der Waals surface area contributed by atoms with Crippen LogP contribution in [0.5, 0.6) is 0 Å². The largest absolute Gasteiger partial charge is 0.471 e. The Bertz CT molecular complexity index is 993. The SMILES string of the molecule is Cc1cc(CCCN2CCc3cc(-c4noc(C(F)(F)F)n4)cc(C)c32)on1. The van der Waals surface area contributed by atoms with Crippen LogP contribution in [0.15, 0.2) is 27.2 Å². The number of aryl methyl sites for hydroxylation is 3. The van der Waals surface area contributed by atoms with Crippen LogP contribution in [0.3, 0.4) is 0 Å². The zero-order valence-electron chi connectivity index (χ0n) is 15.5. The lowest BCUT2D eigenvalue weighted by atomic mass is 10.0. The highest BCUT2D eigenvalue weighted by molar-refractivity contribution is 5.70. The van der Waals surface area contributed by atoms with Gasteiger partial charge in [-0.25, -0.2) is 0 Å². The van der Waals surface area contributed by atoms with Crippen molar-refractivity contribution in [1.29, 1.82) is 0 Å². The van der Waals surface area contributed by atoms with E-state index in [-0.39, 0.29) is 5.82 Å². The number of hydrogen-bond acceptors (Lipinski definition) is 6. The highest BCUT2D eigenvalue weighted by Crippen LogP contribution is 2.36. The Morgan fingerprint density at radius 1 is 1.11 bits per heavy atom. The lowest BCUT2D eigenvalue weighted by Crippen LogP contribution is -2.22. The number of nitrogens with zero attached hydrogens (tertiary/aromatic N) is 4. The second-order valence-electron chi connectivity index (χ2n) is 7.00. The molecule has 0 radical (unpaired) electrons. The number of alkyl halides is 3. The Morgan fingerprint density at radius 3 is 2.61 bits per heavy atom. The van der Waals surface area contributed by atoms with Gasteiger partial charge in [-0.3, -0.25) is 0 Å². The van der Waals surface area contributed by atoms with E-state index in [1.165, 1.54) is 0 Å². The zero-order valence-corrected chi connectivity index (χ0v) is 15.5. The van der Waals surface area contributed by atoms with Gasteiger partial charge in [-0.05, 0) is 49.9 Å². The van der Waals surface area contributed by atoms with Crippen LogP contribution in [0, 0.1) is 13.8 Å². The van der Waals surface area contributed by atoms with Gasteiger partial charge in [-0.1, -0.05) is 10.3 Å². The Labute approximate surface area is 159 Å².